The van der Waals surface area contributed by atoms with Gasteiger partial charge in [-0.15, -0.1) is 5.10 Å². The summed E-state index contributed by atoms with van der Waals surface area (Å²) in [6.45, 7) is 1.29. The maximum absolute atomic E-state index is 12.3. The number of aromatic nitrogens is 5. The lowest BCUT2D eigenvalue weighted by Gasteiger charge is -2.08. The second kappa shape index (κ2) is 6.56. The Labute approximate surface area is 143 Å². The van der Waals surface area contributed by atoms with Crippen molar-refractivity contribution in [3.63, 3.8) is 0 Å². The van der Waals surface area contributed by atoms with Crippen LogP contribution in [0, 0.1) is 0 Å². The van der Waals surface area contributed by atoms with Gasteiger partial charge in [-0.1, -0.05) is 18.2 Å². The van der Waals surface area contributed by atoms with Crippen LogP contribution in [0.1, 0.15) is 10.4 Å². The number of benzene rings is 2. The van der Waals surface area contributed by atoms with E-state index in [1.54, 1.807) is 16.8 Å². The average Bonchev–Trinajstić information content (AvgIpc) is 3.32. The van der Waals surface area contributed by atoms with Gasteiger partial charge in [0.05, 0.1) is 5.69 Å². The molecule has 2 aromatic carbocycles. The normalized spacial score (nSPS) is 10.9. The summed E-state index contributed by atoms with van der Waals surface area (Å²) in [5, 5.41) is 15.2. The fraction of sp³-hybridized carbons (Fsp3) is 0.111. The zero-order valence-electron chi connectivity index (χ0n) is 13.4. The molecule has 2 aromatic heterocycles. The Hall–Kier alpha value is -3.48. The number of nitrogens with one attached hydrogen (secondary N) is 1. The predicted molar refractivity (Wildman–Crippen MR) is 93.4 cm³/mol. The van der Waals surface area contributed by atoms with Gasteiger partial charge in [0.2, 0.25) is 0 Å². The van der Waals surface area contributed by atoms with Gasteiger partial charge >= 0.3 is 0 Å². The number of tetrazole rings is 1. The van der Waals surface area contributed by atoms with E-state index in [9.17, 15) is 4.79 Å². The summed E-state index contributed by atoms with van der Waals surface area (Å²) in [6.07, 6.45) is 3.55. The molecule has 0 atom stereocenters. The van der Waals surface area contributed by atoms with Gasteiger partial charge in [0, 0.05) is 30.4 Å². The van der Waals surface area contributed by atoms with Crippen LogP contribution in [-0.4, -0.2) is 37.2 Å². The minimum Gasteiger partial charge on any atom is -0.350 e. The number of rotatable bonds is 5. The quantitative estimate of drug-likeness (QED) is 0.607. The molecule has 0 bridgehead atoms. The van der Waals surface area contributed by atoms with Crippen LogP contribution in [0.2, 0.25) is 0 Å². The molecule has 2 heterocycles. The molecule has 0 spiro atoms. The highest BCUT2D eigenvalue weighted by Gasteiger charge is 2.06. The van der Waals surface area contributed by atoms with Crippen molar-refractivity contribution in [3.05, 3.63) is 72.7 Å². The Morgan fingerprint density at radius 1 is 1.04 bits per heavy atom. The summed E-state index contributed by atoms with van der Waals surface area (Å²) in [5.41, 5.74) is 2.58. The maximum Gasteiger partial charge on any atom is 0.251 e. The van der Waals surface area contributed by atoms with Gasteiger partial charge in [0.25, 0.3) is 5.91 Å². The lowest BCUT2D eigenvalue weighted by molar-refractivity contribution is 0.0952. The molecule has 4 aromatic rings. The van der Waals surface area contributed by atoms with E-state index < -0.39 is 0 Å². The molecule has 0 aliphatic carbocycles. The topological polar surface area (TPSA) is 77.6 Å². The molecular weight excluding hydrogens is 316 g/mol. The summed E-state index contributed by atoms with van der Waals surface area (Å²) >= 11 is 0. The third-order valence-corrected chi connectivity index (χ3v) is 4.06. The van der Waals surface area contributed by atoms with Gasteiger partial charge in [-0.2, -0.15) is 0 Å². The fourth-order valence-corrected chi connectivity index (χ4v) is 2.77. The van der Waals surface area contributed by atoms with Crippen molar-refractivity contribution in [2.24, 2.45) is 0 Å². The number of nitrogens with zero attached hydrogens (tertiary/aromatic N) is 5. The van der Waals surface area contributed by atoms with Gasteiger partial charge in [0.15, 0.2) is 0 Å². The number of carbonyl (C=O) groups excluding carboxylic acids is 1. The molecule has 124 valence electrons. The van der Waals surface area contributed by atoms with Crippen LogP contribution in [-0.2, 0) is 6.54 Å². The number of para-hydroxylation sites is 1. The van der Waals surface area contributed by atoms with Crippen molar-refractivity contribution < 1.29 is 4.79 Å². The van der Waals surface area contributed by atoms with Crippen LogP contribution in [0.3, 0.4) is 0 Å². The van der Waals surface area contributed by atoms with Crippen molar-refractivity contribution in [1.29, 1.82) is 0 Å². The third kappa shape index (κ3) is 3.12. The first kappa shape index (κ1) is 15.1. The van der Waals surface area contributed by atoms with Gasteiger partial charge in [-0.25, -0.2) is 4.68 Å². The summed E-state index contributed by atoms with van der Waals surface area (Å²) in [6, 6.07) is 17.4. The zero-order valence-corrected chi connectivity index (χ0v) is 13.4. The monoisotopic (exact) mass is 332 g/mol. The fourth-order valence-electron chi connectivity index (χ4n) is 2.77. The second-order valence-electron chi connectivity index (χ2n) is 5.63. The van der Waals surface area contributed by atoms with Crippen LogP contribution in [0.25, 0.3) is 16.6 Å². The van der Waals surface area contributed by atoms with Crippen molar-refractivity contribution >= 4 is 16.8 Å². The summed E-state index contributed by atoms with van der Waals surface area (Å²) < 4.78 is 3.68. The Morgan fingerprint density at radius 2 is 1.88 bits per heavy atom. The molecule has 7 nitrogen and oxygen atoms in total. The first-order valence-corrected chi connectivity index (χ1v) is 7.97. The van der Waals surface area contributed by atoms with E-state index in [1.165, 1.54) is 17.2 Å². The lowest BCUT2D eigenvalue weighted by Crippen LogP contribution is -2.27. The van der Waals surface area contributed by atoms with Crippen molar-refractivity contribution in [1.82, 2.24) is 30.1 Å². The second-order valence-corrected chi connectivity index (χ2v) is 5.63. The number of carbonyl (C=O) groups is 1. The van der Waals surface area contributed by atoms with Crippen LogP contribution in [0.4, 0.5) is 0 Å². The Kier molecular flexibility index (Phi) is 3.96. The molecule has 0 radical (unpaired) electrons. The molecule has 0 aliphatic heterocycles. The predicted octanol–water partition coefficient (Wildman–Crippen LogP) is 2.05. The lowest BCUT2D eigenvalue weighted by atomic mass is 10.2. The van der Waals surface area contributed by atoms with Crippen molar-refractivity contribution in [2.45, 2.75) is 6.54 Å². The van der Waals surface area contributed by atoms with Gasteiger partial charge < -0.3 is 9.88 Å². The molecule has 0 unspecified atom stereocenters. The third-order valence-electron chi connectivity index (χ3n) is 4.06. The van der Waals surface area contributed by atoms with Gasteiger partial charge in [-0.05, 0) is 52.2 Å². The molecule has 1 N–H and O–H groups in total. The molecule has 4 rings (SSSR count). The van der Waals surface area contributed by atoms with Gasteiger partial charge in [0.1, 0.15) is 6.33 Å². The van der Waals surface area contributed by atoms with E-state index in [-0.39, 0.29) is 5.91 Å². The standard InChI is InChI=1S/C18H16N6O/c25-18(15-5-7-16(8-6-15)24-13-20-21-22-24)19-10-12-23-11-9-14-3-1-2-4-17(14)23/h1-9,11,13H,10,12H2,(H,19,25). The summed E-state index contributed by atoms with van der Waals surface area (Å²) in [4.78, 5) is 12.3. The van der Waals surface area contributed by atoms with Crippen molar-refractivity contribution in [3.8, 4) is 5.69 Å². The van der Waals surface area contributed by atoms with Crippen LogP contribution < -0.4 is 5.32 Å². The molecule has 0 saturated heterocycles. The zero-order chi connectivity index (χ0) is 17.1. The summed E-state index contributed by atoms with van der Waals surface area (Å²) in [5.74, 6) is -0.0975. The highest BCUT2D eigenvalue weighted by atomic mass is 16.1. The van der Waals surface area contributed by atoms with E-state index in [1.807, 2.05) is 30.5 Å². The Bertz CT molecular complexity index is 988. The molecule has 0 aliphatic rings. The van der Waals surface area contributed by atoms with E-state index in [4.69, 9.17) is 0 Å². The van der Waals surface area contributed by atoms with Crippen LogP contribution in [0.5, 0.6) is 0 Å². The van der Waals surface area contributed by atoms with E-state index >= 15 is 0 Å². The smallest absolute Gasteiger partial charge is 0.251 e. The first-order valence-electron chi connectivity index (χ1n) is 7.97. The molecule has 25 heavy (non-hydrogen) atoms. The SMILES string of the molecule is O=C(NCCn1ccc2ccccc21)c1ccc(-n2cnnn2)cc1. The summed E-state index contributed by atoms with van der Waals surface area (Å²) in [7, 11) is 0. The minimum absolute atomic E-state index is 0.0975. The van der Waals surface area contributed by atoms with Gasteiger partial charge in [-0.3, -0.25) is 4.79 Å². The van der Waals surface area contributed by atoms with E-state index in [0.29, 0.717) is 12.1 Å². The number of hydrogen-bond acceptors (Lipinski definition) is 4. The Balaban J connectivity index is 1.37. The largest absolute Gasteiger partial charge is 0.350 e. The maximum atomic E-state index is 12.3. The number of amides is 1. The highest BCUT2D eigenvalue weighted by molar-refractivity contribution is 5.94. The molecule has 0 saturated carbocycles. The Morgan fingerprint density at radius 3 is 2.68 bits per heavy atom. The molecule has 0 fully saturated rings. The first-order chi connectivity index (χ1) is 12.3. The van der Waals surface area contributed by atoms with Crippen molar-refractivity contribution in [2.75, 3.05) is 6.54 Å². The van der Waals surface area contributed by atoms with E-state index in [0.717, 1.165) is 12.2 Å². The van der Waals surface area contributed by atoms with Crippen LogP contribution >= 0.6 is 0 Å². The van der Waals surface area contributed by atoms with Crippen LogP contribution in [0.15, 0.2) is 67.1 Å². The van der Waals surface area contributed by atoms with E-state index in [2.05, 4.69) is 43.6 Å². The molecule has 7 heteroatoms. The molecular formula is C18H16N6O. The average molecular weight is 332 g/mol. The highest BCUT2D eigenvalue weighted by Crippen LogP contribution is 2.14. The number of hydrogen-bond donors (Lipinski definition) is 1. The molecule has 1 amide bonds. The number of fused-ring (bicyclic) bond motifs is 1. The minimum atomic E-state index is -0.0975.